The third-order valence-electron chi connectivity index (χ3n) is 2.11. The minimum Gasteiger partial charge on any atom is -0.494 e. The Labute approximate surface area is 105 Å². The van der Waals surface area contributed by atoms with Gasteiger partial charge in [-0.2, -0.15) is 0 Å². The van der Waals surface area contributed by atoms with E-state index in [1.807, 2.05) is 6.92 Å². The summed E-state index contributed by atoms with van der Waals surface area (Å²) in [5.41, 5.74) is 0.874. The molecule has 0 fully saturated rings. The summed E-state index contributed by atoms with van der Waals surface area (Å²) >= 11 is 0. The summed E-state index contributed by atoms with van der Waals surface area (Å²) in [7, 11) is 0. The zero-order chi connectivity index (χ0) is 12.9. The summed E-state index contributed by atoms with van der Waals surface area (Å²) in [6.07, 6.45) is 2.91. The van der Waals surface area contributed by atoms with Crippen molar-refractivity contribution < 1.29 is 14.2 Å². The molecule has 0 aliphatic carbocycles. The van der Waals surface area contributed by atoms with Gasteiger partial charge in [-0.3, -0.25) is 0 Å². The van der Waals surface area contributed by atoms with Crippen LogP contribution in [0.4, 0.5) is 0 Å². The van der Waals surface area contributed by atoms with Crippen LogP contribution in [0.2, 0.25) is 0 Å². The summed E-state index contributed by atoms with van der Waals surface area (Å²) in [6.45, 7) is 15.2. The molecule has 100 valence electrons. The molecule has 0 saturated heterocycles. The van der Waals surface area contributed by atoms with Gasteiger partial charge in [-0.05, 0) is 25.3 Å². The standard InChI is InChI=1S/C14H26O3/c1-5-8-15-9-6-10-16-11-7-12-17-14(4)13(2)3/h2,4-12H2,1,3H3. The Balaban J connectivity index is 3.08. The highest BCUT2D eigenvalue weighted by Crippen LogP contribution is 2.05. The van der Waals surface area contributed by atoms with E-state index in [2.05, 4.69) is 20.1 Å². The number of allylic oxidation sites excluding steroid dienone is 1. The van der Waals surface area contributed by atoms with Gasteiger partial charge in [0.1, 0.15) is 5.76 Å². The van der Waals surface area contributed by atoms with Crippen molar-refractivity contribution in [2.45, 2.75) is 33.1 Å². The Bertz CT molecular complexity index is 212. The van der Waals surface area contributed by atoms with Crippen LogP contribution in [0.15, 0.2) is 24.5 Å². The van der Waals surface area contributed by atoms with Crippen molar-refractivity contribution in [3.8, 4) is 0 Å². The highest BCUT2D eigenvalue weighted by Gasteiger charge is 1.95. The molecular weight excluding hydrogens is 216 g/mol. The maximum Gasteiger partial charge on any atom is 0.114 e. The van der Waals surface area contributed by atoms with Gasteiger partial charge in [0.2, 0.25) is 0 Å². The van der Waals surface area contributed by atoms with Gasteiger partial charge in [-0.1, -0.05) is 20.1 Å². The molecule has 0 aliphatic heterocycles. The van der Waals surface area contributed by atoms with Gasteiger partial charge >= 0.3 is 0 Å². The van der Waals surface area contributed by atoms with E-state index >= 15 is 0 Å². The third-order valence-corrected chi connectivity index (χ3v) is 2.11. The molecule has 0 heterocycles. The van der Waals surface area contributed by atoms with E-state index in [9.17, 15) is 0 Å². The number of hydrogen-bond acceptors (Lipinski definition) is 3. The molecule has 0 N–H and O–H groups in total. The van der Waals surface area contributed by atoms with Gasteiger partial charge in [0.25, 0.3) is 0 Å². The van der Waals surface area contributed by atoms with Crippen molar-refractivity contribution in [1.29, 1.82) is 0 Å². The van der Waals surface area contributed by atoms with E-state index in [0.29, 0.717) is 12.4 Å². The molecule has 0 aromatic rings. The first-order chi connectivity index (χ1) is 8.18. The minimum atomic E-state index is 0.637. The largest absolute Gasteiger partial charge is 0.494 e. The van der Waals surface area contributed by atoms with Crippen LogP contribution in [-0.4, -0.2) is 33.0 Å². The number of ether oxygens (including phenoxy) is 3. The minimum absolute atomic E-state index is 0.637. The molecule has 0 unspecified atom stereocenters. The van der Waals surface area contributed by atoms with Crippen molar-refractivity contribution in [2.24, 2.45) is 0 Å². The van der Waals surface area contributed by atoms with E-state index in [-0.39, 0.29) is 0 Å². The molecule has 0 aromatic carbocycles. The Hall–Kier alpha value is -0.800. The molecule has 0 amide bonds. The smallest absolute Gasteiger partial charge is 0.114 e. The van der Waals surface area contributed by atoms with Gasteiger partial charge < -0.3 is 14.2 Å². The van der Waals surface area contributed by atoms with Crippen LogP contribution in [0.5, 0.6) is 0 Å². The SMILES string of the molecule is C=C(C)C(=C)OCCCOCCCOCCC. The van der Waals surface area contributed by atoms with Gasteiger partial charge in [0, 0.05) is 32.8 Å². The normalized spacial score (nSPS) is 10.2. The maximum atomic E-state index is 5.44. The van der Waals surface area contributed by atoms with Crippen LogP contribution in [-0.2, 0) is 14.2 Å². The second kappa shape index (κ2) is 11.7. The van der Waals surface area contributed by atoms with E-state index in [0.717, 1.165) is 51.3 Å². The molecule has 0 spiro atoms. The highest BCUT2D eigenvalue weighted by atomic mass is 16.5. The van der Waals surface area contributed by atoms with Crippen molar-refractivity contribution in [2.75, 3.05) is 33.0 Å². The maximum absolute atomic E-state index is 5.44. The lowest BCUT2D eigenvalue weighted by atomic mass is 10.3. The lowest BCUT2D eigenvalue weighted by Crippen LogP contribution is -2.05. The molecule has 0 bridgehead atoms. The average Bonchev–Trinajstić information content (AvgIpc) is 2.31. The fraction of sp³-hybridized carbons (Fsp3) is 0.714. The zero-order valence-electron chi connectivity index (χ0n) is 11.3. The third kappa shape index (κ3) is 11.5. The van der Waals surface area contributed by atoms with Crippen molar-refractivity contribution in [3.63, 3.8) is 0 Å². The van der Waals surface area contributed by atoms with Crippen LogP contribution in [0.1, 0.15) is 33.1 Å². The van der Waals surface area contributed by atoms with Gasteiger partial charge in [0.05, 0.1) is 6.61 Å². The van der Waals surface area contributed by atoms with E-state index < -0.39 is 0 Å². The quantitative estimate of drug-likeness (QED) is 0.298. The van der Waals surface area contributed by atoms with Gasteiger partial charge in [0.15, 0.2) is 0 Å². The number of rotatable bonds is 12. The van der Waals surface area contributed by atoms with Crippen LogP contribution in [0.3, 0.4) is 0 Å². The molecule has 0 aromatic heterocycles. The van der Waals surface area contributed by atoms with Crippen LogP contribution in [0, 0.1) is 0 Å². The van der Waals surface area contributed by atoms with Crippen LogP contribution >= 0.6 is 0 Å². The Morgan fingerprint density at radius 3 is 1.94 bits per heavy atom. The monoisotopic (exact) mass is 242 g/mol. The fourth-order valence-electron chi connectivity index (χ4n) is 1.09. The predicted octanol–water partition coefficient (Wildman–Crippen LogP) is 3.32. The predicted molar refractivity (Wildman–Crippen MR) is 71.1 cm³/mol. The first kappa shape index (κ1) is 16.2. The summed E-state index contributed by atoms with van der Waals surface area (Å²) in [5, 5.41) is 0. The van der Waals surface area contributed by atoms with Gasteiger partial charge in [-0.15, -0.1) is 0 Å². The molecule has 3 nitrogen and oxygen atoms in total. The molecule has 0 rings (SSSR count). The zero-order valence-corrected chi connectivity index (χ0v) is 11.3. The second-order valence-electron chi connectivity index (χ2n) is 3.98. The molecule has 0 radical (unpaired) electrons. The van der Waals surface area contributed by atoms with Crippen molar-refractivity contribution in [1.82, 2.24) is 0 Å². The Kier molecular flexibility index (Phi) is 11.1. The number of hydrogen-bond donors (Lipinski definition) is 0. The summed E-state index contributed by atoms with van der Waals surface area (Å²) in [4.78, 5) is 0. The van der Waals surface area contributed by atoms with E-state index in [4.69, 9.17) is 14.2 Å². The lowest BCUT2D eigenvalue weighted by Gasteiger charge is -2.08. The molecule has 0 saturated carbocycles. The van der Waals surface area contributed by atoms with E-state index in [1.54, 1.807) is 0 Å². The molecule has 17 heavy (non-hydrogen) atoms. The second-order valence-corrected chi connectivity index (χ2v) is 3.98. The van der Waals surface area contributed by atoms with Crippen LogP contribution < -0.4 is 0 Å². The van der Waals surface area contributed by atoms with Gasteiger partial charge in [-0.25, -0.2) is 0 Å². The molecule has 0 aliphatic rings. The Morgan fingerprint density at radius 1 is 0.882 bits per heavy atom. The van der Waals surface area contributed by atoms with Crippen molar-refractivity contribution >= 4 is 0 Å². The molecule has 3 heteroatoms. The molecule has 0 atom stereocenters. The topological polar surface area (TPSA) is 27.7 Å². The summed E-state index contributed by atoms with van der Waals surface area (Å²) < 4.78 is 16.2. The van der Waals surface area contributed by atoms with Crippen LogP contribution in [0.25, 0.3) is 0 Å². The first-order valence-corrected chi connectivity index (χ1v) is 6.31. The highest BCUT2D eigenvalue weighted by molar-refractivity contribution is 5.15. The fourth-order valence-corrected chi connectivity index (χ4v) is 1.09. The lowest BCUT2D eigenvalue weighted by molar-refractivity contribution is 0.0737. The van der Waals surface area contributed by atoms with Crippen molar-refractivity contribution in [3.05, 3.63) is 24.5 Å². The average molecular weight is 242 g/mol. The molecular formula is C14H26O3. The Morgan fingerprint density at radius 2 is 1.41 bits per heavy atom. The summed E-state index contributed by atoms with van der Waals surface area (Å²) in [6, 6.07) is 0. The van der Waals surface area contributed by atoms with E-state index in [1.165, 1.54) is 0 Å². The summed E-state index contributed by atoms with van der Waals surface area (Å²) in [5.74, 6) is 0.665. The first-order valence-electron chi connectivity index (χ1n) is 6.31.